The Kier molecular flexibility index (Phi) is 4.19. The van der Waals surface area contributed by atoms with Gasteiger partial charge in [-0.15, -0.1) is 0 Å². The van der Waals surface area contributed by atoms with E-state index in [-0.39, 0.29) is 18.4 Å². The lowest BCUT2D eigenvalue weighted by Crippen LogP contribution is -2.45. The zero-order valence-corrected chi connectivity index (χ0v) is 10.6. The number of amides is 3. The van der Waals surface area contributed by atoms with Crippen LogP contribution in [0.4, 0.5) is 4.79 Å². The minimum absolute atomic E-state index is 0.131. The Morgan fingerprint density at radius 1 is 1.30 bits per heavy atom. The van der Waals surface area contributed by atoms with Gasteiger partial charge in [0.1, 0.15) is 0 Å². The highest BCUT2D eigenvalue weighted by Gasteiger charge is 2.26. The molecule has 2 rings (SSSR count). The lowest BCUT2D eigenvalue weighted by molar-refractivity contribution is -0.139. The Balaban J connectivity index is 1.96. The number of carbonyl (C=O) groups excluding carboxylic acids is 2. The van der Waals surface area contributed by atoms with Gasteiger partial charge < -0.3 is 21.1 Å². The van der Waals surface area contributed by atoms with Crippen LogP contribution >= 0.6 is 0 Å². The molecule has 1 aromatic rings. The van der Waals surface area contributed by atoms with Crippen LogP contribution in [-0.4, -0.2) is 35.6 Å². The Labute approximate surface area is 115 Å². The molecule has 1 aromatic carbocycles. The Bertz CT molecular complexity index is 518. The molecule has 0 spiro atoms. The van der Waals surface area contributed by atoms with Gasteiger partial charge in [-0.25, -0.2) is 9.59 Å². The van der Waals surface area contributed by atoms with Gasteiger partial charge in [-0.3, -0.25) is 4.79 Å². The second-order valence-corrected chi connectivity index (χ2v) is 4.50. The molecule has 0 aromatic heterocycles. The highest BCUT2D eigenvalue weighted by molar-refractivity contribution is 5.85. The van der Waals surface area contributed by atoms with Crippen molar-refractivity contribution in [1.82, 2.24) is 16.0 Å². The van der Waals surface area contributed by atoms with Crippen LogP contribution in [0, 0.1) is 0 Å². The molecule has 0 radical (unpaired) electrons. The van der Waals surface area contributed by atoms with Gasteiger partial charge in [-0.1, -0.05) is 30.3 Å². The van der Waals surface area contributed by atoms with Crippen molar-refractivity contribution >= 4 is 17.9 Å². The highest BCUT2D eigenvalue weighted by atomic mass is 16.4. The molecular weight excluding hydrogens is 262 g/mol. The summed E-state index contributed by atoms with van der Waals surface area (Å²) in [6.45, 7) is 0.356. The average Bonchev–Trinajstić information content (AvgIpc) is 2.82. The van der Waals surface area contributed by atoms with E-state index >= 15 is 0 Å². The number of nitrogens with one attached hydrogen (secondary N) is 3. The average molecular weight is 277 g/mol. The largest absolute Gasteiger partial charge is 0.479 e. The Morgan fingerprint density at radius 3 is 2.55 bits per heavy atom. The molecular formula is C13H15N3O4. The number of carboxylic acid groups (broad SMARTS) is 1. The van der Waals surface area contributed by atoms with Crippen LogP contribution in [0.1, 0.15) is 18.0 Å². The zero-order valence-electron chi connectivity index (χ0n) is 10.6. The summed E-state index contributed by atoms with van der Waals surface area (Å²) in [6.07, 6.45) is 0.205. The normalized spacial score (nSPS) is 19.0. The summed E-state index contributed by atoms with van der Waals surface area (Å²) >= 11 is 0. The number of urea groups is 1. The van der Waals surface area contributed by atoms with Gasteiger partial charge in [0.25, 0.3) is 0 Å². The third kappa shape index (κ3) is 3.47. The smallest absolute Gasteiger partial charge is 0.330 e. The number of benzene rings is 1. The van der Waals surface area contributed by atoms with E-state index in [0.29, 0.717) is 12.1 Å². The maximum atomic E-state index is 11.8. The van der Waals surface area contributed by atoms with E-state index in [1.165, 1.54) is 0 Å². The van der Waals surface area contributed by atoms with Gasteiger partial charge in [-0.2, -0.15) is 0 Å². The Morgan fingerprint density at radius 2 is 2.00 bits per heavy atom. The number of carbonyl (C=O) groups is 3. The molecule has 1 fully saturated rings. The highest BCUT2D eigenvalue weighted by Crippen LogP contribution is 2.12. The Hall–Kier alpha value is -2.57. The predicted octanol–water partition coefficient (Wildman–Crippen LogP) is -0.000000000000000167. The van der Waals surface area contributed by atoms with E-state index in [0.717, 1.165) is 0 Å². The molecule has 3 amide bonds. The predicted molar refractivity (Wildman–Crippen MR) is 69.9 cm³/mol. The maximum absolute atomic E-state index is 11.8. The van der Waals surface area contributed by atoms with Crippen molar-refractivity contribution in [3.63, 3.8) is 0 Å². The molecule has 4 N–H and O–H groups in total. The lowest BCUT2D eigenvalue weighted by atomic mass is 10.1. The van der Waals surface area contributed by atoms with Crippen LogP contribution in [-0.2, 0) is 9.59 Å². The van der Waals surface area contributed by atoms with Crippen molar-refractivity contribution in [3.05, 3.63) is 35.9 Å². The fraction of sp³-hybridized carbons (Fsp3) is 0.308. The summed E-state index contributed by atoms with van der Waals surface area (Å²) in [5, 5.41) is 16.7. The number of carboxylic acids is 1. The van der Waals surface area contributed by atoms with Crippen molar-refractivity contribution in [3.8, 4) is 0 Å². The van der Waals surface area contributed by atoms with Gasteiger partial charge in [0.15, 0.2) is 6.04 Å². The number of aliphatic carboxylic acids is 1. The molecule has 1 heterocycles. The molecule has 0 aliphatic carbocycles. The first kappa shape index (κ1) is 13.9. The summed E-state index contributed by atoms with van der Waals surface area (Å²) in [6, 6.07) is 6.36. The quantitative estimate of drug-likeness (QED) is 0.621. The molecule has 1 aliphatic heterocycles. The topological polar surface area (TPSA) is 108 Å². The molecule has 20 heavy (non-hydrogen) atoms. The number of rotatable bonds is 4. The molecule has 1 unspecified atom stereocenters. The lowest BCUT2D eigenvalue weighted by Gasteiger charge is -2.17. The maximum Gasteiger partial charge on any atom is 0.330 e. The standard InChI is InChI=1S/C13H15N3O4/c17-10-6-9(7-14-10)15-13(20)16-11(12(18)19)8-4-2-1-3-5-8/h1-5,9,11H,6-7H2,(H,14,17)(H,18,19)(H2,15,16,20)/t9?,11-/m1/s1. The fourth-order valence-corrected chi connectivity index (χ4v) is 2.00. The summed E-state index contributed by atoms with van der Waals surface area (Å²) in [7, 11) is 0. The first-order valence-corrected chi connectivity index (χ1v) is 6.17. The number of hydrogen-bond donors (Lipinski definition) is 4. The monoisotopic (exact) mass is 277 g/mol. The molecule has 7 heteroatoms. The van der Waals surface area contributed by atoms with Crippen LogP contribution in [0.25, 0.3) is 0 Å². The first-order chi connectivity index (χ1) is 9.56. The van der Waals surface area contributed by atoms with Gasteiger partial charge >= 0.3 is 12.0 Å². The van der Waals surface area contributed by atoms with Crippen LogP contribution in [0.3, 0.4) is 0 Å². The summed E-state index contributed by atoms with van der Waals surface area (Å²) in [5.74, 6) is -1.28. The summed E-state index contributed by atoms with van der Waals surface area (Å²) in [5.41, 5.74) is 0.482. The van der Waals surface area contributed by atoms with Crippen LogP contribution < -0.4 is 16.0 Å². The molecule has 1 aliphatic rings. The zero-order chi connectivity index (χ0) is 14.5. The van der Waals surface area contributed by atoms with Crippen molar-refractivity contribution < 1.29 is 19.5 Å². The third-order valence-electron chi connectivity index (χ3n) is 2.97. The molecule has 7 nitrogen and oxygen atoms in total. The summed E-state index contributed by atoms with van der Waals surface area (Å²) < 4.78 is 0. The molecule has 106 valence electrons. The summed E-state index contributed by atoms with van der Waals surface area (Å²) in [4.78, 5) is 34.0. The van der Waals surface area contributed by atoms with Crippen molar-refractivity contribution in [2.75, 3.05) is 6.54 Å². The van der Waals surface area contributed by atoms with E-state index in [2.05, 4.69) is 16.0 Å². The van der Waals surface area contributed by atoms with Gasteiger partial charge in [-0.05, 0) is 5.56 Å². The second-order valence-electron chi connectivity index (χ2n) is 4.50. The minimum Gasteiger partial charge on any atom is -0.479 e. The van der Waals surface area contributed by atoms with Crippen molar-refractivity contribution in [1.29, 1.82) is 0 Å². The van der Waals surface area contributed by atoms with Crippen LogP contribution in [0.2, 0.25) is 0 Å². The van der Waals surface area contributed by atoms with Gasteiger partial charge in [0.05, 0.1) is 6.04 Å². The van der Waals surface area contributed by atoms with E-state index in [1.54, 1.807) is 30.3 Å². The minimum atomic E-state index is -1.15. The van der Waals surface area contributed by atoms with Crippen molar-refractivity contribution in [2.45, 2.75) is 18.5 Å². The van der Waals surface area contributed by atoms with E-state index < -0.39 is 18.0 Å². The first-order valence-electron chi connectivity index (χ1n) is 6.17. The van der Waals surface area contributed by atoms with E-state index in [9.17, 15) is 14.4 Å². The number of hydrogen-bond acceptors (Lipinski definition) is 3. The van der Waals surface area contributed by atoms with Gasteiger partial charge in [0.2, 0.25) is 5.91 Å². The molecule has 1 saturated heterocycles. The SMILES string of the molecule is O=C1CC(NC(=O)N[C@@H](C(=O)O)c2ccccc2)CN1. The molecule has 0 bridgehead atoms. The molecule has 2 atom stereocenters. The van der Waals surface area contributed by atoms with Crippen LogP contribution in [0.5, 0.6) is 0 Å². The van der Waals surface area contributed by atoms with Gasteiger partial charge in [0, 0.05) is 13.0 Å². The molecule has 0 saturated carbocycles. The fourth-order valence-electron chi connectivity index (χ4n) is 2.00. The second kappa shape index (κ2) is 6.05. The van der Waals surface area contributed by atoms with Crippen molar-refractivity contribution in [2.24, 2.45) is 0 Å². The van der Waals surface area contributed by atoms with E-state index in [1.807, 2.05) is 0 Å². The third-order valence-corrected chi connectivity index (χ3v) is 2.97. The van der Waals surface area contributed by atoms with E-state index in [4.69, 9.17) is 5.11 Å². The van der Waals surface area contributed by atoms with Crippen LogP contribution in [0.15, 0.2) is 30.3 Å².